The summed E-state index contributed by atoms with van der Waals surface area (Å²) in [7, 11) is 3.14. The predicted molar refractivity (Wildman–Crippen MR) is 107 cm³/mol. The third kappa shape index (κ3) is 4.34. The number of hydrogen-bond donors (Lipinski definition) is 3. The summed E-state index contributed by atoms with van der Waals surface area (Å²) in [5.74, 6) is 1.16. The molecule has 28 heavy (non-hydrogen) atoms. The SMILES string of the molecule is COc1ccc([C@@H](C)NC(=O)c2n[nH]nc2Nc2ccc(Cl)cc2)cc1OC. The van der Waals surface area contributed by atoms with Crippen LogP contribution in [0.2, 0.25) is 5.02 Å². The van der Waals surface area contributed by atoms with Gasteiger partial charge in [-0.25, -0.2) is 0 Å². The fraction of sp³-hybridized carbons (Fsp3) is 0.211. The van der Waals surface area contributed by atoms with E-state index >= 15 is 0 Å². The normalized spacial score (nSPS) is 11.6. The maximum Gasteiger partial charge on any atom is 0.276 e. The van der Waals surface area contributed by atoms with Gasteiger partial charge in [0, 0.05) is 10.7 Å². The number of nitrogens with zero attached hydrogens (tertiary/aromatic N) is 2. The smallest absolute Gasteiger partial charge is 0.276 e. The van der Waals surface area contributed by atoms with E-state index in [0.29, 0.717) is 22.3 Å². The van der Waals surface area contributed by atoms with E-state index in [-0.39, 0.29) is 17.6 Å². The molecule has 0 radical (unpaired) electrons. The van der Waals surface area contributed by atoms with Crippen LogP contribution in [-0.4, -0.2) is 35.5 Å². The van der Waals surface area contributed by atoms with Crippen molar-refractivity contribution in [1.82, 2.24) is 20.7 Å². The van der Waals surface area contributed by atoms with Gasteiger partial charge < -0.3 is 20.1 Å². The first-order chi connectivity index (χ1) is 13.5. The predicted octanol–water partition coefficient (Wildman–Crippen LogP) is 3.71. The van der Waals surface area contributed by atoms with Crippen LogP contribution >= 0.6 is 11.6 Å². The molecule has 1 amide bonds. The molecule has 0 aliphatic rings. The standard InChI is InChI=1S/C19H20ClN5O3/c1-11(12-4-9-15(27-2)16(10-12)28-3)21-19(26)17-18(24-25-23-17)22-14-7-5-13(20)6-8-14/h4-11H,1-3H3,(H,21,26)(H2,22,23,24,25)/t11-/m1/s1. The molecule has 3 rings (SSSR count). The summed E-state index contributed by atoms with van der Waals surface area (Å²) in [4.78, 5) is 12.7. The average molecular weight is 402 g/mol. The van der Waals surface area contributed by atoms with E-state index in [2.05, 4.69) is 26.0 Å². The molecule has 0 saturated heterocycles. The number of carbonyl (C=O) groups is 1. The van der Waals surface area contributed by atoms with Gasteiger partial charge in [0.25, 0.3) is 5.91 Å². The highest BCUT2D eigenvalue weighted by molar-refractivity contribution is 6.30. The number of aromatic amines is 1. The van der Waals surface area contributed by atoms with Gasteiger partial charge in [0.15, 0.2) is 23.0 Å². The van der Waals surface area contributed by atoms with Gasteiger partial charge in [-0.05, 0) is 48.9 Å². The van der Waals surface area contributed by atoms with E-state index in [9.17, 15) is 4.79 Å². The Labute approximate surface area is 167 Å². The van der Waals surface area contributed by atoms with E-state index in [4.69, 9.17) is 21.1 Å². The highest BCUT2D eigenvalue weighted by atomic mass is 35.5. The summed E-state index contributed by atoms with van der Waals surface area (Å²) >= 11 is 5.89. The molecule has 0 saturated carbocycles. The van der Waals surface area contributed by atoms with Gasteiger partial charge in [-0.2, -0.15) is 5.21 Å². The lowest BCUT2D eigenvalue weighted by atomic mass is 10.1. The first-order valence-electron chi connectivity index (χ1n) is 8.48. The lowest BCUT2D eigenvalue weighted by Crippen LogP contribution is -2.27. The van der Waals surface area contributed by atoms with E-state index in [1.165, 1.54) is 0 Å². The van der Waals surface area contributed by atoms with Crippen LogP contribution in [0.4, 0.5) is 11.5 Å². The maximum atomic E-state index is 12.7. The Kier molecular flexibility index (Phi) is 6.00. The molecule has 9 heteroatoms. The van der Waals surface area contributed by atoms with Crippen molar-refractivity contribution in [2.45, 2.75) is 13.0 Å². The van der Waals surface area contributed by atoms with Gasteiger partial charge in [0.1, 0.15) is 0 Å². The van der Waals surface area contributed by atoms with Crippen LogP contribution in [0.5, 0.6) is 11.5 Å². The van der Waals surface area contributed by atoms with Crippen LogP contribution in [0.15, 0.2) is 42.5 Å². The molecule has 0 unspecified atom stereocenters. The minimum Gasteiger partial charge on any atom is -0.493 e. The molecule has 8 nitrogen and oxygen atoms in total. The number of nitrogens with one attached hydrogen (secondary N) is 3. The number of H-pyrrole nitrogens is 1. The topological polar surface area (TPSA) is 101 Å². The second kappa shape index (κ2) is 8.62. The number of benzene rings is 2. The molecule has 3 N–H and O–H groups in total. The minimum absolute atomic E-state index is 0.155. The van der Waals surface area contributed by atoms with Gasteiger partial charge >= 0.3 is 0 Å². The first-order valence-corrected chi connectivity index (χ1v) is 8.85. The molecule has 0 aliphatic heterocycles. The molecule has 146 valence electrons. The number of halogens is 1. The van der Waals surface area contributed by atoms with Gasteiger partial charge in [-0.15, -0.1) is 10.2 Å². The van der Waals surface area contributed by atoms with E-state index < -0.39 is 0 Å². The molecular weight excluding hydrogens is 382 g/mol. The number of anilines is 2. The van der Waals surface area contributed by atoms with Crippen LogP contribution in [-0.2, 0) is 0 Å². The van der Waals surface area contributed by atoms with Crippen LogP contribution in [0, 0.1) is 0 Å². The first kappa shape index (κ1) is 19.5. The molecule has 0 spiro atoms. The van der Waals surface area contributed by atoms with Crippen molar-refractivity contribution in [3.63, 3.8) is 0 Å². The molecule has 3 aromatic rings. The molecule has 2 aromatic carbocycles. The van der Waals surface area contributed by atoms with Crippen LogP contribution in [0.25, 0.3) is 0 Å². The lowest BCUT2D eigenvalue weighted by Gasteiger charge is -2.16. The van der Waals surface area contributed by atoms with Crippen LogP contribution < -0.4 is 20.1 Å². The van der Waals surface area contributed by atoms with Crippen molar-refractivity contribution >= 4 is 29.0 Å². The fourth-order valence-electron chi connectivity index (χ4n) is 2.62. The second-order valence-corrected chi connectivity index (χ2v) is 6.40. The van der Waals surface area contributed by atoms with Crippen molar-refractivity contribution in [1.29, 1.82) is 0 Å². The largest absolute Gasteiger partial charge is 0.493 e. The van der Waals surface area contributed by atoms with Gasteiger partial charge in [-0.3, -0.25) is 4.79 Å². The lowest BCUT2D eigenvalue weighted by molar-refractivity contribution is 0.0935. The number of amides is 1. The summed E-state index contributed by atoms with van der Waals surface area (Å²) < 4.78 is 10.6. The highest BCUT2D eigenvalue weighted by Gasteiger charge is 2.20. The number of hydrogen-bond acceptors (Lipinski definition) is 6. The second-order valence-electron chi connectivity index (χ2n) is 5.96. The van der Waals surface area contributed by atoms with Crippen LogP contribution in [0.3, 0.4) is 0 Å². The van der Waals surface area contributed by atoms with E-state index in [1.54, 1.807) is 44.6 Å². The zero-order valence-corrected chi connectivity index (χ0v) is 16.4. The van der Waals surface area contributed by atoms with Crippen LogP contribution in [0.1, 0.15) is 29.0 Å². The highest BCUT2D eigenvalue weighted by Crippen LogP contribution is 2.30. The Bertz CT molecular complexity index is 958. The molecule has 0 fully saturated rings. The zero-order chi connectivity index (χ0) is 20.1. The average Bonchev–Trinajstić information content (AvgIpc) is 3.17. The quantitative estimate of drug-likeness (QED) is 0.558. The molecule has 1 atom stereocenters. The van der Waals surface area contributed by atoms with Crippen molar-refractivity contribution in [2.24, 2.45) is 0 Å². The number of carbonyl (C=O) groups excluding carboxylic acids is 1. The van der Waals surface area contributed by atoms with Crippen molar-refractivity contribution in [3.8, 4) is 11.5 Å². The molecule has 1 heterocycles. The minimum atomic E-state index is -0.368. The summed E-state index contributed by atoms with van der Waals surface area (Å²) in [6, 6.07) is 12.2. The van der Waals surface area contributed by atoms with Crippen molar-refractivity contribution < 1.29 is 14.3 Å². The van der Waals surface area contributed by atoms with Gasteiger partial charge in [-0.1, -0.05) is 17.7 Å². The molecular formula is C19H20ClN5O3. The Morgan fingerprint density at radius 2 is 1.79 bits per heavy atom. The molecule has 1 aromatic heterocycles. The zero-order valence-electron chi connectivity index (χ0n) is 15.6. The Balaban J connectivity index is 1.73. The van der Waals surface area contributed by atoms with E-state index in [1.807, 2.05) is 19.1 Å². The number of rotatable bonds is 7. The maximum absolute atomic E-state index is 12.7. The summed E-state index contributed by atoms with van der Waals surface area (Å²) in [5.41, 5.74) is 1.75. The third-order valence-electron chi connectivity index (χ3n) is 4.13. The van der Waals surface area contributed by atoms with Gasteiger partial charge in [0.05, 0.1) is 20.3 Å². The monoisotopic (exact) mass is 401 g/mol. The summed E-state index contributed by atoms with van der Waals surface area (Å²) in [6.45, 7) is 1.87. The molecule has 0 bridgehead atoms. The summed E-state index contributed by atoms with van der Waals surface area (Å²) in [6.07, 6.45) is 0. The molecule has 0 aliphatic carbocycles. The Morgan fingerprint density at radius 1 is 1.07 bits per heavy atom. The number of ether oxygens (including phenoxy) is 2. The number of aromatic nitrogens is 3. The fourth-order valence-corrected chi connectivity index (χ4v) is 2.74. The number of methoxy groups -OCH3 is 2. The van der Waals surface area contributed by atoms with Crippen molar-refractivity contribution in [3.05, 3.63) is 58.7 Å². The van der Waals surface area contributed by atoms with Crippen molar-refractivity contribution in [2.75, 3.05) is 19.5 Å². The summed E-state index contributed by atoms with van der Waals surface area (Å²) in [5, 5.41) is 17.0. The Hall–Kier alpha value is -3.26. The Morgan fingerprint density at radius 3 is 2.46 bits per heavy atom. The third-order valence-corrected chi connectivity index (χ3v) is 4.38. The van der Waals surface area contributed by atoms with E-state index in [0.717, 1.165) is 11.3 Å². The van der Waals surface area contributed by atoms with Gasteiger partial charge in [0.2, 0.25) is 0 Å².